The predicted molar refractivity (Wildman–Crippen MR) is 82.7 cm³/mol. The van der Waals surface area contributed by atoms with E-state index in [1.807, 2.05) is 31.2 Å². The Hall–Kier alpha value is -1.33. The van der Waals surface area contributed by atoms with E-state index in [9.17, 15) is 0 Å². The molecule has 1 aromatic heterocycles. The maximum absolute atomic E-state index is 6.07. The van der Waals surface area contributed by atoms with Gasteiger partial charge >= 0.3 is 0 Å². The molecule has 6 heteroatoms. The molecule has 0 aliphatic carbocycles. The van der Waals surface area contributed by atoms with Crippen LogP contribution in [0.4, 0.5) is 11.8 Å². The Morgan fingerprint density at radius 3 is 2.63 bits per heavy atom. The fourth-order valence-electron chi connectivity index (χ4n) is 1.52. The summed E-state index contributed by atoms with van der Waals surface area (Å²) < 4.78 is 1.06. The molecule has 4 nitrogen and oxygen atoms in total. The molecule has 0 aliphatic rings. The molecule has 0 saturated heterocycles. The molecule has 1 aromatic carbocycles. The van der Waals surface area contributed by atoms with Crippen molar-refractivity contribution >= 4 is 39.3 Å². The summed E-state index contributed by atoms with van der Waals surface area (Å²) in [6, 6.07) is 8.08. The first-order valence-electron chi connectivity index (χ1n) is 5.93. The molecule has 0 bridgehead atoms. The van der Waals surface area contributed by atoms with Gasteiger partial charge in [0.05, 0.1) is 6.20 Å². The number of rotatable bonds is 5. The van der Waals surface area contributed by atoms with Crippen LogP contribution in [0.15, 0.2) is 34.9 Å². The molecule has 0 aliphatic heterocycles. The first-order chi connectivity index (χ1) is 9.19. The van der Waals surface area contributed by atoms with Crippen LogP contribution in [0.1, 0.15) is 12.5 Å². The molecule has 0 unspecified atom stereocenters. The number of hydrogen-bond acceptors (Lipinski definition) is 4. The lowest BCUT2D eigenvalue weighted by Gasteiger charge is -2.09. The van der Waals surface area contributed by atoms with E-state index in [0.717, 1.165) is 16.6 Å². The molecule has 2 rings (SSSR count). The van der Waals surface area contributed by atoms with Gasteiger partial charge in [-0.2, -0.15) is 4.98 Å². The van der Waals surface area contributed by atoms with E-state index in [4.69, 9.17) is 11.6 Å². The van der Waals surface area contributed by atoms with Crippen molar-refractivity contribution in [2.45, 2.75) is 13.5 Å². The summed E-state index contributed by atoms with van der Waals surface area (Å²) in [7, 11) is 0. The lowest BCUT2D eigenvalue weighted by Crippen LogP contribution is -2.07. The zero-order chi connectivity index (χ0) is 13.7. The van der Waals surface area contributed by atoms with Crippen LogP contribution in [0.25, 0.3) is 0 Å². The van der Waals surface area contributed by atoms with Gasteiger partial charge in [0.1, 0.15) is 5.02 Å². The molecule has 100 valence electrons. The van der Waals surface area contributed by atoms with E-state index in [1.165, 1.54) is 0 Å². The second-order valence-corrected chi connectivity index (χ2v) is 5.22. The van der Waals surface area contributed by atoms with Crippen molar-refractivity contribution in [2.75, 3.05) is 17.2 Å². The van der Waals surface area contributed by atoms with Crippen molar-refractivity contribution in [3.63, 3.8) is 0 Å². The first kappa shape index (κ1) is 14.1. The smallest absolute Gasteiger partial charge is 0.224 e. The standard InChI is InChI=1S/C13H14BrClN4/c1-2-16-13-18-8-11(15)12(19-13)17-7-9-3-5-10(14)6-4-9/h3-6,8H,2,7H2,1H3,(H2,16,17,18,19). The molecule has 2 aromatic rings. The van der Waals surface area contributed by atoms with E-state index >= 15 is 0 Å². The minimum atomic E-state index is 0.513. The van der Waals surface area contributed by atoms with Crippen LogP contribution in [0, 0.1) is 0 Å². The summed E-state index contributed by atoms with van der Waals surface area (Å²) in [4.78, 5) is 8.42. The zero-order valence-electron chi connectivity index (χ0n) is 10.5. The molecular formula is C13H14BrClN4. The van der Waals surface area contributed by atoms with E-state index in [1.54, 1.807) is 6.20 Å². The Kier molecular flexibility index (Phi) is 4.99. The maximum atomic E-state index is 6.07. The summed E-state index contributed by atoms with van der Waals surface area (Å²) in [6.45, 7) is 3.43. The minimum Gasteiger partial charge on any atom is -0.365 e. The summed E-state index contributed by atoms with van der Waals surface area (Å²) in [5, 5.41) is 6.78. The van der Waals surface area contributed by atoms with Crippen molar-refractivity contribution in [1.82, 2.24) is 9.97 Å². The molecule has 0 saturated carbocycles. The monoisotopic (exact) mass is 340 g/mol. The van der Waals surface area contributed by atoms with Gasteiger partial charge in [0.2, 0.25) is 5.95 Å². The third kappa shape index (κ3) is 4.08. The molecule has 0 radical (unpaired) electrons. The van der Waals surface area contributed by atoms with Gasteiger partial charge in [0.25, 0.3) is 0 Å². The number of benzene rings is 1. The van der Waals surface area contributed by atoms with E-state index in [0.29, 0.717) is 23.3 Å². The molecule has 2 N–H and O–H groups in total. The van der Waals surface area contributed by atoms with Gasteiger partial charge < -0.3 is 10.6 Å². The summed E-state index contributed by atoms with van der Waals surface area (Å²) in [5.41, 5.74) is 1.16. The van der Waals surface area contributed by atoms with Gasteiger partial charge in [-0.15, -0.1) is 0 Å². The molecule has 0 spiro atoms. The van der Waals surface area contributed by atoms with E-state index in [-0.39, 0.29) is 0 Å². The van der Waals surface area contributed by atoms with Crippen LogP contribution in [-0.2, 0) is 6.54 Å². The topological polar surface area (TPSA) is 49.8 Å². The highest BCUT2D eigenvalue weighted by molar-refractivity contribution is 9.10. The molecular weight excluding hydrogens is 328 g/mol. The first-order valence-corrected chi connectivity index (χ1v) is 7.11. The van der Waals surface area contributed by atoms with E-state index in [2.05, 4.69) is 36.5 Å². The summed E-state index contributed by atoms with van der Waals surface area (Å²) >= 11 is 9.47. The molecule has 0 fully saturated rings. The highest BCUT2D eigenvalue weighted by Gasteiger charge is 2.04. The van der Waals surface area contributed by atoms with Gasteiger partial charge in [-0.1, -0.05) is 39.7 Å². The van der Waals surface area contributed by atoms with Crippen LogP contribution < -0.4 is 10.6 Å². The highest BCUT2D eigenvalue weighted by Crippen LogP contribution is 2.20. The number of aromatic nitrogens is 2. The number of halogens is 2. The third-order valence-corrected chi connectivity index (χ3v) is 3.26. The number of nitrogens with zero attached hydrogens (tertiary/aromatic N) is 2. The van der Waals surface area contributed by atoms with E-state index < -0.39 is 0 Å². The largest absolute Gasteiger partial charge is 0.365 e. The van der Waals surface area contributed by atoms with Crippen LogP contribution in [-0.4, -0.2) is 16.5 Å². The molecule has 0 amide bonds. The lowest BCUT2D eigenvalue weighted by molar-refractivity contribution is 1.05. The van der Waals surface area contributed by atoms with Gasteiger partial charge in [0, 0.05) is 17.6 Å². The van der Waals surface area contributed by atoms with Crippen LogP contribution in [0.3, 0.4) is 0 Å². The second kappa shape index (κ2) is 6.73. The number of nitrogens with one attached hydrogen (secondary N) is 2. The Morgan fingerprint density at radius 2 is 1.95 bits per heavy atom. The number of hydrogen-bond donors (Lipinski definition) is 2. The van der Waals surface area contributed by atoms with Crippen molar-refractivity contribution in [3.05, 3.63) is 45.5 Å². The SMILES string of the molecule is CCNc1ncc(Cl)c(NCc2ccc(Br)cc2)n1. The van der Waals surface area contributed by atoms with Crippen molar-refractivity contribution in [3.8, 4) is 0 Å². The van der Waals surface area contributed by atoms with Crippen molar-refractivity contribution in [1.29, 1.82) is 0 Å². The Labute approximate surface area is 125 Å². The van der Waals surface area contributed by atoms with Gasteiger partial charge in [0.15, 0.2) is 5.82 Å². The predicted octanol–water partition coefficient (Wildman–Crippen LogP) is 3.94. The lowest BCUT2D eigenvalue weighted by atomic mass is 10.2. The molecule has 0 atom stereocenters. The Morgan fingerprint density at radius 1 is 1.21 bits per heavy atom. The summed E-state index contributed by atoms with van der Waals surface area (Å²) in [6.07, 6.45) is 1.59. The zero-order valence-corrected chi connectivity index (χ0v) is 12.8. The average molecular weight is 342 g/mol. The quantitative estimate of drug-likeness (QED) is 0.865. The van der Waals surface area contributed by atoms with Gasteiger partial charge in [-0.05, 0) is 24.6 Å². The van der Waals surface area contributed by atoms with Crippen LogP contribution >= 0.6 is 27.5 Å². The van der Waals surface area contributed by atoms with Gasteiger partial charge in [-0.3, -0.25) is 0 Å². The number of anilines is 2. The van der Waals surface area contributed by atoms with Crippen molar-refractivity contribution < 1.29 is 0 Å². The highest BCUT2D eigenvalue weighted by atomic mass is 79.9. The molecule has 1 heterocycles. The minimum absolute atomic E-state index is 0.513. The average Bonchev–Trinajstić information content (AvgIpc) is 2.41. The van der Waals surface area contributed by atoms with Gasteiger partial charge in [-0.25, -0.2) is 4.98 Å². The fraction of sp³-hybridized carbons (Fsp3) is 0.231. The maximum Gasteiger partial charge on any atom is 0.224 e. The summed E-state index contributed by atoms with van der Waals surface area (Å²) in [5.74, 6) is 1.21. The Bertz CT molecular complexity index is 545. The van der Waals surface area contributed by atoms with Crippen LogP contribution in [0.2, 0.25) is 5.02 Å². The normalized spacial score (nSPS) is 10.3. The van der Waals surface area contributed by atoms with Crippen molar-refractivity contribution in [2.24, 2.45) is 0 Å². The van der Waals surface area contributed by atoms with Crippen LogP contribution in [0.5, 0.6) is 0 Å². The second-order valence-electron chi connectivity index (χ2n) is 3.90. The third-order valence-electron chi connectivity index (χ3n) is 2.45. The molecule has 19 heavy (non-hydrogen) atoms. The Balaban J connectivity index is 2.05. The fourth-order valence-corrected chi connectivity index (χ4v) is 1.94.